The first kappa shape index (κ1) is 22.4. The number of benzene rings is 2. The van der Waals surface area contributed by atoms with Crippen LogP contribution >= 0.6 is 0 Å². The second kappa shape index (κ2) is 9.70. The molecule has 1 aliphatic rings. The van der Waals surface area contributed by atoms with Crippen LogP contribution in [0.15, 0.2) is 42.5 Å². The molecule has 0 aromatic heterocycles. The highest BCUT2D eigenvalue weighted by Gasteiger charge is 2.32. The van der Waals surface area contributed by atoms with Crippen molar-refractivity contribution in [3.8, 4) is 5.75 Å². The van der Waals surface area contributed by atoms with Crippen molar-refractivity contribution >= 4 is 18.2 Å². The van der Waals surface area contributed by atoms with Crippen molar-refractivity contribution in [2.24, 2.45) is 0 Å². The number of piperazine rings is 1. The molecule has 1 fully saturated rings. The molecular formula is C23H25FN2O5. The molecule has 1 saturated heterocycles. The summed E-state index contributed by atoms with van der Waals surface area (Å²) in [6.45, 7) is 5.49. The fraction of sp³-hybridized carbons (Fsp3) is 0.348. The van der Waals surface area contributed by atoms with Crippen LogP contribution < -0.4 is 4.74 Å². The lowest BCUT2D eigenvalue weighted by atomic mass is 10.1. The van der Waals surface area contributed by atoms with Gasteiger partial charge in [-0.2, -0.15) is 0 Å². The van der Waals surface area contributed by atoms with Gasteiger partial charge in [-0.05, 0) is 49.7 Å². The van der Waals surface area contributed by atoms with Crippen LogP contribution in [0.25, 0.3) is 0 Å². The summed E-state index contributed by atoms with van der Waals surface area (Å²) in [4.78, 5) is 39.0. The monoisotopic (exact) mass is 428 g/mol. The molecule has 0 aliphatic carbocycles. The van der Waals surface area contributed by atoms with Crippen LogP contribution in [0.1, 0.15) is 40.1 Å². The van der Waals surface area contributed by atoms with E-state index in [2.05, 4.69) is 4.90 Å². The summed E-state index contributed by atoms with van der Waals surface area (Å²) in [6.07, 6.45) is 0.551. The van der Waals surface area contributed by atoms with Gasteiger partial charge < -0.3 is 14.7 Å². The Balaban J connectivity index is 1.61. The van der Waals surface area contributed by atoms with Crippen LogP contribution in [0.3, 0.4) is 0 Å². The van der Waals surface area contributed by atoms with Crippen LogP contribution in [0.5, 0.6) is 5.75 Å². The highest BCUT2D eigenvalue weighted by Crippen LogP contribution is 2.22. The Morgan fingerprint density at radius 1 is 1.13 bits per heavy atom. The Hall–Kier alpha value is -3.26. The first-order chi connectivity index (χ1) is 14.8. The molecular weight excluding hydrogens is 403 g/mol. The summed E-state index contributed by atoms with van der Waals surface area (Å²) in [5, 5.41) is 9.32. The molecule has 164 valence electrons. The number of halogens is 1. The van der Waals surface area contributed by atoms with E-state index in [4.69, 9.17) is 4.74 Å². The molecule has 2 aromatic rings. The summed E-state index contributed by atoms with van der Waals surface area (Å²) >= 11 is 0. The lowest BCUT2D eigenvalue weighted by molar-refractivity contribution is -0.139. The summed E-state index contributed by atoms with van der Waals surface area (Å²) in [5.41, 5.74) is 1.06. The predicted molar refractivity (Wildman–Crippen MR) is 112 cm³/mol. The van der Waals surface area contributed by atoms with Gasteiger partial charge in [-0.3, -0.25) is 14.5 Å². The fourth-order valence-electron chi connectivity index (χ4n) is 3.73. The molecule has 0 spiro atoms. The Kier molecular flexibility index (Phi) is 7.02. The molecule has 2 aromatic carbocycles. The fourth-order valence-corrected chi connectivity index (χ4v) is 3.73. The predicted octanol–water partition coefficient (Wildman–Crippen LogP) is 2.84. The van der Waals surface area contributed by atoms with Crippen LogP contribution in [0.2, 0.25) is 0 Å². The van der Waals surface area contributed by atoms with Crippen molar-refractivity contribution < 1.29 is 28.6 Å². The molecule has 31 heavy (non-hydrogen) atoms. The number of carboxylic acid groups (broad SMARTS) is 1. The van der Waals surface area contributed by atoms with E-state index in [9.17, 15) is 23.9 Å². The maximum Gasteiger partial charge on any atom is 0.339 e. The van der Waals surface area contributed by atoms with E-state index in [0.717, 1.165) is 5.56 Å². The van der Waals surface area contributed by atoms with E-state index in [1.54, 1.807) is 17.0 Å². The number of aromatic carboxylic acids is 1. The van der Waals surface area contributed by atoms with Crippen LogP contribution in [0, 0.1) is 5.82 Å². The molecule has 0 bridgehead atoms. The minimum Gasteiger partial charge on any atom is -0.483 e. The molecule has 3 rings (SSSR count). The Morgan fingerprint density at radius 3 is 2.48 bits per heavy atom. The van der Waals surface area contributed by atoms with Gasteiger partial charge in [-0.25, -0.2) is 9.18 Å². The second-order valence-corrected chi connectivity index (χ2v) is 7.77. The van der Waals surface area contributed by atoms with E-state index in [0.29, 0.717) is 25.9 Å². The number of hydrogen-bond acceptors (Lipinski definition) is 5. The van der Waals surface area contributed by atoms with E-state index in [1.165, 1.54) is 30.3 Å². The number of carboxylic acids is 1. The first-order valence-corrected chi connectivity index (χ1v) is 10.0. The van der Waals surface area contributed by atoms with Gasteiger partial charge in [0.05, 0.1) is 0 Å². The highest BCUT2D eigenvalue weighted by molar-refractivity contribution is 5.93. The van der Waals surface area contributed by atoms with E-state index < -0.39 is 5.97 Å². The summed E-state index contributed by atoms with van der Waals surface area (Å²) in [5.74, 6) is -1.70. The van der Waals surface area contributed by atoms with Gasteiger partial charge in [0.2, 0.25) is 0 Å². The second-order valence-electron chi connectivity index (χ2n) is 7.77. The lowest BCUT2D eigenvalue weighted by Gasteiger charge is -2.44. The zero-order chi connectivity index (χ0) is 22.5. The van der Waals surface area contributed by atoms with Gasteiger partial charge in [0, 0.05) is 37.3 Å². The largest absolute Gasteiger partial charge is 0.483 e. The first-order valence-electron chi connectivity index (χ1n) is 10.0. The Labute approximate surface area is 180 Å². The third-order valence-corrected chi connectivity index (χ3v) is 5.46. The minimum absolute atomic E-state index is 0.0436. The summed E-state index contributed by atoms with van der Waals surface area (Å²) in [6, 6.07) is 10.5. The molecule has 0 saturated carbocycles. The summed E-state index contributed by atoms with van der Waals surface area (Å²) < 4.78 is 18.6. The number of rotatable bonds is 7. The van der Waals surface area contributed by atoms with Crippen molar-refractivity contribution in [3.05, 3.63) is 65.0 Å². The number of carbonyl (C=O) groups is 3. The molecule has 8 heteroatoms. The molecule has 0 unspecified atom stereocenters. The smallest absolute Gasteiger partial charge is 0.339 e. The Bertz CT molecular complexity index is 963. The maximum absolute atomic E-state index is 13.1. The average Bonchev–Trinajstić information content (AvgIpc) is 2.75. The number of nitrogens with zero attached hydrogens (tertiary/aromatic N) is 2. The lowest BCUT2D eigenvalue weighted by Crippen LogP contribution is -2.58. The zero-order valence-corrected chi connectivity index (χ0v) is 17.5. The van der Waals surface area contributed by atoms with Crippen molar-refractivity contribution in [3.63, 3.8) is 0 Å². The van der Waals surface area contributed by atoms with Gasteiger partial charge in [-0.1, -0.05) is 12.1 Å². The number of carbonyl (C=O) groups excluding carboxylic acids is 2. The molecule has 1 N–H and O–H groups in total. The van der Waals surface area contributed by atoms with Gasteiger partial charge >= 0.3 is 5.97 Å². The number of aldehydes is 1. The summed E-state index contributed by atoms with van der Waals surface area (Å²) in [7, 11) is 0. The SMILES string of the molecule is C[C@@H]1CN(Cc2ccc(F)cc2)[C@@H](C)CN1C(=O)COc1ccc(C=O)cc1C(=O)O. The van der Waals surface area contributed by atoms with Crippen molar-refractivity contribution in [2.45, 2.75) is 32.5 Å². The van der Waals surface area contributed by atoms with E-state index >= 15 is 0 Å². The molecule has 2 atom stereocenters. The molecule has 0 radical (unpaired) electrons. The minimum atomic E-state index is -1.23. The Morgan fingerprint density at radius 2 is 1.84 bits per heavy atom. The number of ether oxygens (including phenoxy) is 1. The molecule has 1 heterocycles. The quantitative estimate of drug-likeness (QED) is 0.683. The van der Waals surface area contributed by atoms with Crippen molar-refractivity contribution in [1.29, 1.82) is 0 Å². The number of hydrogen-bond donors (Lipinski definition) is 1. The standard InChI is InChI=1S/C23H25FN2O5/c1-15-11-26(16(2)10-25(15)12-17-3-6-19(24)7-4-17)22(28)14-31-21-8-5-18(13-27)9-20(21)23(29)30/h3-9,13,15-16H,10-12,14H2,1-2H3,(H,29,30)/t15-,16+/m0/s1. The van der Waals surface area contributed by atoms with Gasteiger partial charge in [0.15, 0.2) is 6.61 Å². The van der Waals surface area contributed by atoms with Crippen LogP contribution in [-0.2, 0) is 11.3 Å². The van der Waals surface area contributed by atoms with Gasteiger partial charge in [0.1, 0.15) is 23.4 Å². The van der Waals surface area contributed by atoms with Crippen LogP contribution in [-0.4, -0.2) is 64.8 Å². The molecule has 7 nitrogen and oxygen atoms in total. The average molecular weight is 428 g/mol. The van der Waals surface area contributed by atoms with Gasteiger partial charge in [0.25, 0.3) is 5.91 Å². The third kappa shape index (κ3) is 5.46. The van der Waals surface area contributed by atoms with Crippen molar-refractivity contribution in [2.75, 3.05) is 19.7 Å². The highest BCUT2D eigenvalue weighted by atomic mass is 19.1. The van der Waals surface area contributed by atoms with Crippen molar-refractivity contribution in [1.82, 2.24) is 9.80 Å². The topological polar surface area (TPSA) is 87.2 Å². The molecule has 1 amide bonds. The third-order valence-electron chi connectivity index (χ3n) is 5.46. The van der Waals surface area contributed by atoms with E-state index in [1.807, 2.05) is 13.8 Å². The van der Waals surface area contributed by atoms with Gasteiger partial charge in [-0.15, -0.1) is 0 Å². The van der Waals surface area contributed by atoms with E-state index in [-0.39, 0.29) is 47.3 Å². The van der Waals surface area contributed by atoms with Crippen LogP contribution in [0.4, 0.5) is 4.39 Å². The normalized spacial score (nSPS) is 19.1. The molecule has 1 aliphatic heterocycles. The maximum atomic E-state index is 13.1. The zero-order valence-electron chi connectivity index (χ0n) is 17.5. The number of amides is 1.